The highest BCUT2D eigenvalue weighted by Crippen LogP contribution is 2.26. The second-order valence-corrected chi connectivity index (χ2v) is 5.24. The van der Waals surface area contributed by atoms with Crippen molar-refractivity contribution in [3.8, 4) is 5.88 Å². The first-order valence-electron chi connectivity index (χ1n) is 6.98. The zero-order valence-electron chi connectivity index (χ0n) is 11.7. The first-order chi connectivity index (χ1) is 9.76. The fraction of sp³-hybridized carbons (Fsp3) is 0.375. The van der Waals surface area contributed by atoms with E-state index in [2.05, 4.69) is 28.2 Å². The summed E-state index contributed by atoms with van der Waals surface area (Å²) in [5.74, 6) is 0.580. The monoisotopic (exact) mass is 269 g/mol. The van der Waals surface area contributed by atoms with Crippen LogP contribution in [0.1, 0.15) is 34.8 Å². The Kier molecular flexibility index (Phi) is 3.65. The Balaban J connectivity index is 1.77. The fourth-order valence-corrected chi connectivity index (χ4v) is 2.77. The van der Waals surface area contributed by atoms with Gasteiger partial charge in [0.15, 0.2) is 0 Å². The molecule has 1 atom stereocenters. The zero-order chi connectivity index (χ0) is 13.9. The molecule has 1 heterocycles. The molecule has 0 amide bonds. The molecule has 0 fully saturated rings. The van der Waals surface area contributed by atoms with Crippen LogP contribution in [-0.4, -0.2) is 17.1 Å². The van der Waals surface area contributed by atoms with Crippen LogP contribution in [0.15, 0.2) is 30.6 Å². The summed E-state index contributed by atoms with van der Waals surface area (Å²) < 4.78 is 5.11. The summed E-state index contributed by atoms with van der Waals surface area (Å²) in [7, 11) is 1.60. The molecule has 0 bridgehead atoms. The van der Waals surface area contributed by atoms with Crippen LogP contribution in [0, 0.1) is 0 Å². The van der Waals surface area contributed by atoms with Gasteiger partial charge in [-0.15, -0.1) is 0 Å². The summed E-state index contributed by atoms with van der Waals surface area (Å²) in [6, 6.07) is 8.42. The Morgan fingerprint density at radius 2 is 2.05 bits per heavy atom. The molecule has 2 aromatic rings. The Labute approximate surface area is 119 Å². The van der Waals surface area contributed by atoms with Gasteiger partial charge in [-0.25, -0.2) is 9.97 Å². The van der Waals surface area contributed by atoms with Crippen LogP contribution < -0.4 is 10.5 Å². The van der Waals surface area contributed by atoms with Crippen LogP contribution in [0.5, 0.6) is 5.88 Å². The number of nitrogens with zero attached hydrogens (tertiary/aromatic N) is 2. The molecule has 2 N–H and O–H groups in total. The molecule has 0 saturated carbocycles. The Bertz CT molecular complexity index is 612. The van der Waals surface area contributed by atoms with E-state index in [0.29, 0.717) is 12.3 Å². The van der Waals surface area contributed by atoms with E-state index in [4.69, 9.17) is 10.5 Å². The minimum absolute atomic E-state index is 0.0412. The van der Waals surface area contributed by atoms with Gasteiger partial charge in [-0.05, 0) is 36.0 Å². The van der Waals surface area contributed by atoms with Crippen molar-refractivity contribution in [3.63, 3.8) is 0 Å². The number of hydrogen-bond donors (Lipinski definition) is 1. The maximum Gasteiger partial charge on any atom is 0.216 e. The van der Waals surface area contributed by atoms with E-state index in [9.17, 15) is 0 Å². The predicted molar refractivity (Wildman–Crippen MR) is 77.7 cm³/mol. The summed E-state index contributed by atoms with van der Waals surface area (Å²) in [6.45, 7) is 0. The molecular formula is C16H19N3O. The van der Waals surface area contributed by atoms with E-state index in [1.165, 1.54) is 42.3 Å². The molecule has 1 aliphatic rings. The number of nitrogens with two attached hydrogens (primary N) is 1. The van der Waals surface area contributed by atoms with Gasteiger partial charge in [0.25, 0.3) is 0 Å². The molecule has 0 aliphatic heterocycles. The van der Waals surface area contributed by atoms with Gasteiger partial charge in [-0.1, -0.05) is 18.2 Å². The average molecular weight is 269 g/mol. The quantitative estimate of drug-likeness (QED) is 0.924. The third-order valence-corrected chi connectivity index (χ3v) is 3.89. The molecule has 0 radical (unpaired) electrons. The van der Waals surface area contributed by atoms with E-state index in [-0.39, 0.29) is 6.04 Å². The number of aryl methyl sites for hydroxylation is 2. The second kappa shape index (κ2) is 5.59. The van der Waals surface area contributed by atoms with Gasteiger partial charge in [-0.2, -0.15) is 0 Å². The summed E-state index contributed by atoms with van der Waals surface area (Å²) in [4.78, 5) is 8.27. The molecule has 3 rings (SSSR count). The standard InChI is InChI=1S/C16H19N3O/c1-20-16-9-14(18-10-19-16)8-15(17)13-6-5-11-3-2-4-12(11)7-13/h5-7,9-10,15H,2-4,8,17H2,1H3. The van der Waals surface area contributed by atoms with Crippen molar-refractivity contribution in [2.75, 3.05) is 7.11 Å². The van der Waals surface area contributed by atoms with E-state index in [1.54, 1.807) is 7.11 Å². The minimum Gasteiger partial charge on any atom is -0.481 e. The molecule has 1 unspecified atom stereocenters. The number of methoxy groups -OCH3 is 1. The number of benzene rings is 1. The Morgan fingerprint density at radius 3 is 2.90 bits per heavy atom. The van der Waals surface area contributed by atoms with E-state index in [0.717, 1.165) is 5.69 Å². The summed E-state index contributed by atoms with van der Waals surface area (Å²) in [6.07, 6.45) is 5.85. The topological polar surface area (TPSA) is 61.0 Å². The lowest BCUT2D eigenvalue weighted by atomic mass is 9.98. The smallest absolute Gasteiger partial charge is 0.216 e. The van der Waals surface area contributed by atoms with Crippen LogP contribution in [0.2, 0.25) is 0 Å². The average Bonchev–Trinajstić information content (AvgIpc) is 2.94. The SMILES string of the molecule is COc1cc(CC(N)c2ccc3c(c2)CCC3)ncn1. The number of aromatic nitrogens is 2. The first kappa shape index (κ1) is 13.1. The van der Waals surface area contributed by atoms with Crippen molar-refractivity contribution in [2.24, 2.45) is 5.73 Å². The van der Waals surface area contributed by atoms with Crippen LogP contribution in [0.25, 0.3) is 0 Å². The number of rotatable bonds is 4. The molecule has 1 aromatic heterocycles. The largest absolute Gasteiger partial charge is 0.481 e. The lowest BCUT2D eigenvalue weighted by Crippen LogP contribution is -2.14. The van der Waals surface area contributed by atoms with Crippen molar-refractivity contribution in [3.05, 3.63) is 53.0 Å². The van der Waals surface area contributed by atoms with Gasteiger partial charge in [0.05, 0.1) is 7.11 Å². The highest BCUT2D eigenvalue weighted by molar-refractivity contribution is 5.36. The van der Waals surface area contributed by atoms with Gasteiger partial charge in [0.2, 0.25) is 5.88 Å². The second-order valence-electron chi connectivity index (χ2n) is 5.24. The zero-order valence-corrected chi connectivity index (χ0v) is 11.7. The summed E-state index contributed by atoms with van der Waals surface area (Å²) >= 11 is 0. The lowest BCUT2D eigenvalue weighted by Gasteiger charge is -2.13. The fourth-order valence-electron chi connectivity index (χ4n) is 2.77. The maximum atomic E-state index is 6.31. The van der Waals surface area contributed by atoms with Crippen LogP contribution >= 0.6 is 0 Å². The van der Waals surface area contributed by atoms with Gasteiger partial charge in [0, 0.05) is 24.2 Å². The van der Waals surface area contributed by atoms with Crippen molar-refractivity contribution in [1.29, 1.82) is 0 Å². The van der Waals surface area contributed by atoms with E-state index < -0.39 is 0 Å². The third-order valence-electron chi connectivity index (χ3n) is 3.89. The molecule has 4 nitrogen and oxygen atoms in total. The minimum atomic E-state index is -0.0412. The number of ether oxygens (including phenoxy) is 1. The van der Waals surface area contributed by atoms with E-state index >= 15 is 0 Å². The lowest BCUT2D eigenvalue weighted by molar-refractivity contribution is 0.395. The first-order valence-corrected chi connectivity index (χ1v) is 6.98. The van der Waals surface area contributed by atoms with Crippen LogP contribution in [-0.2, 0) is 19.3 Å². The van der Waals surface area contributed by atoms with Gasteiger partial charge < -0.3 is 10.5 Å². The van der Waals surface area contributed by atoms with Gasteiger partial charge >= 0.3 is 0 Å². The van der Waals surface area contributed by atoms with Crippen LogP contribution in [0.3, 0.4) is 0 Å². The molecule has 1 aromatic carbocycles. The molecule has 104 valence electrons. The predicted octanol–water partition coefficient (Wildman–Crippen LogP) is 2.22. The number of fused-ring (bicyclic) bond motifs is 1. The van der Waals surface area contributed by atoms with Gasteiger partial charge in [-0.3, -0.25) is 0 Å². The molecule has 0 saturated heterocycles. The molecule has 4 heteroatoms. The number of hydrogen-bond acceptors (Lipinski definition) is 4. The summed E-state index contributed by atoms with van der Waals surface area (Å²) in [5.41, 5.74) is 11.3. The Morgan fingerprint density at radius 1 is 1.20 bits per heavy atom. The van der Waals surface area contributed by atoms with Crippen molar-refractivity contribution in [2.45, 2.75) is 31.7 Å². The molecule has 0 spiro atoms. The van der Waals surface area contributed by atoms with Crippen molar-refractivity contribution >= 4 is 0 Å². The summed E-state index contributed by atoms with van der Waals surface area (Å²) in [5, 5.41) is 0. The van der Waals surface area contributed by atoms with Gasteiger partial charge in [0.1, 0.15) is 6.33 Å². The highest BCUT2D eigenvalue weighted by Gasteiger charge is 2.14. The molecule has 1 aliphatic carbocycles. The highest BCUT2D eigenvalue weighted by atomic mass is 16.5. The molecular weight excluding hydrogens is 250 g/mol. The van der Waals surface area contributed by atoms with Crippen LogP contribution in [0.4, 0.5) is 0 Å². The van der Waals surface area contributed by atoms with Crippen molar-refractivity contribution in [1.82, 2.24) is 9.97 Å². The normalized spacial score (nSPS) is 14.9. The Hall–Kier alpha value is -1.94. The molecule has 20 heavy (non-hydrogen) atoms. The third kappa shape index (κ3) is 2.65. The van der Waals surface area contributed by atoms with Crippen molar-refractivity contribution < 1.29 is 4.74 Å². The van der Waals surface area contributed by atoms with E-state index in [1.807, 2.05) is 6.07 Å². The maximum absolute atomic E-state index is 6.31.